The highest BCUT2D eigenvalue weighted by atomic mass is 31.2. The first-order valence-electron chi connectivity index (χ1n) is 16.6. The molecule has 43 heavy (non-hydrogen) atoms. The van der Waals surface area contributed by atoms with Crippen LogP contribution in [0, 0.1) is 0 Å². The SMILES string of the molecule is CCCCCC/C=C/CCCCCCCC(=O)O[C@H](COC(=O)CCCCCCCCC)COP(=O)(O)OC[C@@H](O)CO. The number of carbonyl (C=O) groups is 2. The number of esters is 2. The van der Waals surface area contributed by atoms with Crippen LogP contribution in [0.25, 0.3) is 0 Å². The maximum absolute atomic E-state index is 12.4. The lowest BCUT2D eigenvalue weighted by Crippen LogP contribution is -2.29. The standard InChI is InChI=1S/C32H61O10P/c1-3-5-7-9-11-12-13-14-15-16-18-20-22-24-32(36)42-30(28-41-43(37,38)40-26-29(34)25-33)27-39-31(35)23-21-19-17-10-8-6-4-2/h12-13,29-30,33-34H,3-11,14-28H2,1-2H3,(H,37,38)/b13-12+/t29-,30+/m0/s1. The molecule has 0 saturated heterocycles. The Morgan fingerprint density at radius 2 is 1.14 bits per heavy atom. The lowest BCUT2D eigenvalue weighted by molar-refractivity contribution is -0.161. The summed E-state index contributed by atoms with van der Waals surface area (Å²) in [6.45, 7) is 2.27. The van der Waals surface area contributed by atoms with Crippen LogP contribution in [0.1, 0.15) is 142 Å². The number of hydrogen-bond acceptors (Lipinski definition) is 9. The molecule has 0 bridgehead atoms. The Bertz CT molecular complexity index is 746. The van der Waals surface area contributed by atoms with E-state index in [0.29, 0.717) is 12.8 Å². The number of allylic oxidation sites excluding steroid dienone is 2. The van der Waals surface area contributed by atoms with Gasteiger partial charge in [-0.05, 0) is 38.5 Å². The second-order valence-electron chi connectivity index (χ2n) is 11.2. The fourth-order valence-electron chi connectivity index (χ4n) is 4.28. The highest BCUT2D eigenvalue weighted by Crippen LogP contribution is 2.43. The maximum atomic E-state index is 12.4. The summed E-state index contributed by atoms with van der Waals surface area (Å²) in [7, 11) is -4.60. The van der Waals surface area contributed by atoms with Crippen LogP contribution in [-0.4, -0.2) is 65.7 Å². The maximum Gasteiger partial charge on any atom is 0.472 e. The molecule has 0 saturated carbocycles. The second-order valence-corrected chi connectivity index (χ2v) is 12.6. The third-order valence-corrected chi connectivity index (χ3v) is 7.87. The van der Waals surface area contributed by atoms with Gasteiger partial charge >= 0.3 is 19.8 Å². The van der Waals surface area contributed by atoms with Crippen molar-refractivity contribution < 1.29 is 47.8 Å². The zero-order valence-electron chi connectivity index (χ0n) is 26.9. The molecule has 11 heteroatoms. The van der Waals surface area contributed by atoms with Crippen molar-refractivity contribution in [2.75, 3.05) is 26.4 Å². The zero-order valence-corrected chi connectivity index (χ0v) is 27.8. The molecule has 0 fully saturated rings. The number of hydrogen-bond donors (Lipinski definition) is 3. The molecule has 254 valence electrons. The Morgan fingerprint density at radius 1 is 0.674 bits per heavy atom. The van der Waals surface area contributed by atoms with E-state index in [1.165, 1.54) is 44.9 Å². The zero-order chi connectivity index (χ0) is 32.0. The van der Waals surface area contributed by atoms with Crippen LogP contribution in [0.4, 0.5) is 0 Å². The van der Waals surface area contributed by atoms with Gasteiger partial charge in [0.05, 0.1) is 19.8 Å². The molecule has 0 radical (unpaired) electrons. The average molecular weight is 637 g/mol. The van der Waals surface area contributed by atoms with Crippen molar-refractivity contribution in [3.8, 4) is 0 Å². The van der Waals surface area contributed by atoms with E-state index in [-0.39, 0.29) is 19.4 Å². The Morgan fingerprint density at radius 3 is 1.70 bits per heavy atom. The monoisotopic (exact) mass is 636 g/mol. The summed E-state index contributed by atoms with van der Waals surface area (Å²) in [5.41, 5.74) is 0. The van der Waals surface area contributed by atoms with E-state index in [9.17, 15) is 24.2 Å². The largest absolute Gasteiger partial charge is 0.472 e. The van der Waals surface area contributed by atoms with Gasteiger partial charge < -0.3 is 24.6 Å². The van der Waals surface area contributed by atoms with Crippen LogP contribution in [0.5, 0.6) is 0 Å². The van der Waals surface area contributed by atoms with Crippen LogP contribution < -0.4 is 0 Å². The molecular formula is C32H61O10P. The molecule has 1 unspecified atom stereocenters. The van der Waals surface area contributed by atoms with Crippen molar-refractivity contribution in [1.29, 1.82) is 0 Å². The second kappa shape index (κ2) is 29.4. The summed E-state index contributed by atoms with van der Waals surface area (Å²) in [5, 5.41) is 18.2. The molecule has 0 aromatic carbocycles. The van der Waals surface area contributed by atoms with E-state index in [0.717, 1.165) is 57.8 Å². The van der Waals surface area contributed by atoms with Gasteiger partial charge in [-0.15, -0.1) is 0 Å². The van der Waals surface area contributed by atoms with Crippen molar-refractivity contribution in [1.82, 2.24) is 0 Å². The fourth-order valence-corrected chi connectivity index (χ4v) is 5.07. The summed E-state index contributed by atoms with van der Waals surface area (Å²) in [6, 6.07) is 0. The van der Waals surface area contributed by atoms with Crippen molar-refractivity contribution in [3.05, 3.63) is 12.2 Å². The fraction of sp³-hybridized carbons (Fsp3) is 0.875. The van der Waals surface area contributed by atoms with Crippen molar-refractivity contribution >= 4 is 19.8 Å². The molecule has 0 aliphatic carbocycles. The van der Waals surface area contributed by atoms with E-state index < -0.39 is 51.8 Å². The van der Waals surface area contributed by atoms with Gasteiger partial charge in [0.15, 0.2) is 6.10 Å². The number of carbonyl (C=O) groups excluding carboxylic acids is 2. The summed E-state index contributed by atoms with van der Waals surface area (Å²) >= 11 is 0. The molecule has 0 rings (SSSR count). The Kier molecular flexibility index (Phi) is 28.5. The van der Waals surface area contributed by atoms with Crippen LogP contribution in [-0.2, 0) is 32.7 Å². The molecule has 0 aliphatic rings. The Balaban J connectivity index is 4.43. The molecule has 0 aromatic rings. The summed E-state index contributed by atoms with van der Waals surface area (Å²) in [4.78, 5) is 34.5. The molecule has 10 nitrogen and oxygen atoms in total. The molecule has 3 N–H and O–H groups in total. The topological polar surface area (TPSA) is 149 Å². The van der Waals surface area contributed by atoms with Crippen LogP contribution in [0.15, 0.2) is 12.2 Å². The Hall–Kier alpha value is -1.29. The highest BCUT2D eigenvalue weighted by Gasteiger charge is 2.27. The number of phosphoric ester groups is 1. The molecule has 0 aromatic heterocycles. The third kappa shape index (κ3) is 29.2. The molecule has 0 aliphatic heterocycles. The van der Waals surface area contributed by atoms with Gasteiger partial charge in [-0.1, -0.05) is 103 Å². The van der Waals surface area contributed by atoms with E-state index in [4.69, 9.17) is 19.1 Å². The van der Waals surface area contributed by atoms with Crippen LogP contribution in [0.3, 0.4) is 0 Å². The smallest absolute Gasteiger partial charge is 0.462 e. The van der Waals surface area contributed by atoms with Gasteiger partial charge in [0.1, 0.15) is 12.7 Å². The average Bonchev–Trinajstić information content (AvgIpc) is 2.99. The van der Waals surface area contributed by atoms with Gasteiger partial charge in [0, 0.05) is 12.8 Å². The van der Waals surface area contributed by atoms with Crippen LogP contribution in [0.2, 0.25) is 0 Å². The normalized spacial score (nSPS) is 14.4. The first-order chi connectivity index (χ1) is 20.7. The third-order valence-electron chi connectivity index (χ3n) is 6.92. The minimum atomic E-state index is -4.60. The van der Waals surface area contributed by atoms with Crippen LogP contribution >= 0.6 is 7.82 Å². The first kappa shape index (κ1) is 41.7. The number of ether oxygens (including phenoxy) is 2. The molecule has 0 spiro atoms. The minimum Gasteiger partial charge on any atom is -0.462 e. The van der Waals surface area contributed by atoms with Gasteiger partial charge in [0.2, 0.25) is 0 Å². The van der Waals surface area contributed by atoms with Gasteiger partial charge in [-0.25, -0.2) is 4.57 Å². The van der Waals surface area contributed by atoms with Gasteiger partial charge in [-0.2, -0.15) is 0 Å². The first-order valence-corrected chi connectivity index (χ1v) is 18.1. The van der Waals surface area contributed by atoms with E-state index in [2.05, 4.69) is 30.5 Å². The highest BCUT2D eigenvalue weighted by molar-refractivity contribution is 7.47. The van der Waals surface area contributed by atoms with Gasteiger partial charge in [0.25, 0.3) is 0 Å². The summed E-state index contributed by atoms with van der Waals surface area (Å²) < 4.78 is 32.3. The lowest BCUT2D eigenvalue weighted by atomic mass is 10.1. The number of unbranched alkanes of at least 4 members (excludes halogenated alkanes) is 15. The molecule has 3 atom stereocenters. The number of rotatable bonds is 31. The Labute approximate surface area is 260 Å². The van der Waals surface area contributed by atoms with E-state index in [1.54, 1.807) is 0 Å². The minimum absolute atomic E-state index is 0.177. The van der Waals surface area contributed by atoms with E-state index in [1.807, 2.05) is 0 Å². The quantitative estimate of drug-likeness (QED) is 0.0306. The van der Waals surface area contributed by atoms with Gasteiger partial charge in [-0.3, -0.25) is 18.6 Å². The van der Waals surface area contributed by atoms with E-state index >= 15 is 0 Å². The molecule has 0 heterocycles. The lowest BCUT2D eigenvalue weighted by Gasteiger charge is -2.20. The van der Waals surface area contributed by atoms with Crippen molar-refractivity contribution in [2.45, 2.75) is 154 Å². The predicted octanol–water partition coefficient (Wildman–Crippen LogP) is 7.33. The summed E-state index contributed by atoms with van der Waals surface area (Å²) in [6.07, 6.45) is 22.1. The molecular weight excluding hydrogens is 575 g/mol. The predicted molar refractivity (Wildman–Crippen MR) is 168 cm³/mol. The molecule has 0 amide bonds. The van der Waals surface area contributed by atoms with Crippen molar-refractivity contribution in [2.24, 2.45) is 0 Å². The van der Waals surface area contributed by atoms with Crippen molar-refractivity contribution in [3.63, 3.8) is 0 Å². The number of aliphatic hydroxyl groups excluding tert-OH is 2. The number of aliphatic hydroxyl groups is 2. The number of phosphoric acid groups is 1. The summed E-state index contributed by atoms with van der Waals surface area (Å²) in [5.74, 6) is -0.942.